The third-order valence-corrected chi connectivity index (χ3v) is 3.38. The van der Waals surface area contributed by atoms with Crippen molar-refractivity contribution in [1.29, 1.82) is 0 Å². The first-order chi connectivity index (χ1) is 7.45. The van der Waals surface area contributed by atoms with E-state index in [0.29, 0.717) is 5.56 Å². The van der Waals surface area contributed by atoms with Crippen LogP contribution in [-0.2, 0) is 6.54 Å². The first kappa shape index (κ1) is 12.9. The molecule has 1 aromatic rings. The zero-order valence-electron chi connectivity index (χ0n) is 10.8. The molecule has 0 aliphatic carbocycles. The summed E-state index contributed by atoms with van der Waals surface area (Å²) in [5, 5.41) is 4.14. The van der Waals surface area contributed by atoms with Crippen LogP contribution in [0.25, 0.3) is 0 Å². The summed E-state index contributed by atoms with van der Waals surface area (Å²) in [6.45, 7) is 6.80. The lowest BCUT2D eigenvalue weighted by Gasteiger charge is -2.33. The Kier molecular flexibility index (Phi) is 3.86. The van der Waals surface area contributed by atoms with Gasteiger partial charge in [0.1, 0.15) is 0 Å². The van der Waals surface area contributed by atoms with Crippen molar-refractivity contribution in [2.75, 3.05) is 14.1 Å². The minimum Gasteiger partial charge on any atom is -0.297 e. The molecular weight excluding hydrogens is 202 g/mol. The summed E-state index contributed by atoms with van der Waals surface area (Å²) in [5.41, 5.74) is 0.251. The Labute approximate surface area is 97.2 Å². The number of ketones is 1. The smallest absolute Gasteiger partial charge is 0.185 e. The molecule has 1 rings (SSSR count). The van der Waals surface area contributed by atoms with E-state index < -0.39 is 5.54 Å². The van der Waals surface area contributed by atoms with Gasteiger partial charge in [0.2, 0.25) is 0 Å². The number of rotatable bonds is 5. The standard InChI is InChI=1S/C12H21N3O/c1-6-12(3,14(4)5)11(16)10-8-13-15(7-2)9-10/h8-9H,6-7H2,1-5H3. The van der Waals surface area contributed by atoms with Gasteiger partial charge in [0.15, 0.2) is 5.78 Å². The highest BCUT2D eigenvalue weighted by Gasteiger charge is 2.34. The summed E-state index contributed by atoms with van der Waals surface area (Å²) in [6.07, 6.45) is 4.26. The Morgan fingerprint density at radius 2 is 2.12 bits per heavy atom. The predicted octanol–water partition coefficient (Wildman–Crippen LogP) is 1.82. The Balaban J connectivity index is 3.00. The van der Waals surface area contributed by atoms with Crippen molar-refractivity contribution >= 4 is 5.78 Å². The minimum absolute atomic E-state index is 0.139. The SMILES string of the molecule is CCn1cc(C(=O)C(C)(CC)N(C)C)cn1. The summed E-state index contributed by atoms with van der Waals surface area (Å²) in [7, 11) is 3.87. The van der Waals surface area contributed by atoms with Gasteiger partial charge in [-0.05, 0) is 34.4 Å². The van der Waals surface area contributed by atoms with Gasteiger partial charge >= 0.3 is 0 Å². The summed E-state index contributed by atoms with van der Waals surface area (Å²) < 4.78 is 1.78. The fourth-order valence-electron chi connectivity index (χ4n) is 1.64. The average Bonchev–Trinajstić information content (AvgIpc) is 2.75. The van der Waals surface area contributed by atoms with Crippen molar-refractivity contribution in [3.8, 4) is 0 Å². The maximum absolute atomic E-state index is 12.4. The lowest BCUT2D eigenvalue weighted by atomic mass is 9.89. The summed E-state index contributed by atoms with van der Waals surface area (Å²) >= 11 is 0. The van der Waals surface area contributed by atoms with Crippen molar-refractivity contribution in [2.45, 2.75) is 39.3 Å². The monoisotopic (exact) mass is 223 g/mol. The Morgan fingerprint density at radius 1 is 1.50 bits per heavy atom. The molecular formula is C12H21N3O. The fourth-order valence-corrected chi connectivity index (χ4v) is 1.64. The molecule has 4 heteroatoms. The predicted molar refractivity (Wildman–Crippen MR) is 64.6 cm³/mol. The van der Waals surface area contributed by atoms with E-state index in [4.69, 9.17) is 0 Å². The third-order valence-electron chi connectivity index (χ3n) is 3.38. The Bertz CT molecular complexity index is 370. The van der Waals surface area contributed by atoms with Gasteiger partial charge in [0.05, 0.1) is 17.3 Å². The number of Topliss-reactive ketones (excluding diaryl/α,β-unsaturated/α-hetero) is 1. The Hall–Kier alpha value is -1.16. The largest absolute Gasteiger partial charge is 0.297 e. The maximum atomic E-state index is 12.4. The number of likely N-dealkylation sites (N-methyl/N-ethyl adjacent to an activating group) is 1. The number of hydrogen-bond acceptors (Lipinski definition) is 3. The van der Waals surface area contributed by atoms with Crippen LogP contribution >= 0.6 is 0 Å². The molecule has 1 unspecified atom stereocenters. The molecule has 0 N–H and O–H groups in total. The molecule has 1 atom stereocenters. The number of carbonyl (C=O) groups excluding carboxylic acids is 1. The second-order valence-electron chi connectivity index (χ2n) is 4.44. The number of aryl methyl sites for hydroxylation is 1. The lowest BCUT2D eigenvalue weighted by molar-refractivity contribution is 0.0710. The van der Waals surface area contributed by atoms with E-state index >= 15 is 0 Å². The number of hydrogen-bond donors (Lipinski definition) is 0. The normalized spacial score (nSPS) is 15.1. The molecule has 0 radical (unpaired) electrons. The van der Waals surface area contributed by atoms with E-state index in [1.165, 1.54) is 0 Å². The van der Waals surface area contributed by atoms with E-state index in [0.717, 1.165) is 13.0 Å². The molecule has 0 aromatic carbocycles. The van der Waals surface area contributed by atoms with Crippen molar-refractivity contribution in [3.63, 3.8) is 0 Å². The Morgan fingerprint density at radius 3 is 2.50 bits per heavy atom. The molecule has 0 spiro atoms. The minimum atomic E-state index is -0.443. The maximum Gasteiger partial charge on any atom is 0.185 e. The van der Waals surface area contributed by atoms with E-state index in [1.54, 1.807) is 10.9 Å². The second-order valence-corrected chi connectivity index (χ2v) is 4.44. The molecule has 4 nitrogen and oxygen atoms in total. The van der Waals surface area contributed by atoms with Crippen molar-refractivity contribution in [1.82, 2.24) is 14.7 Å². The molecule has 1 heterocycles. The van der Waals surface area contributed by atoms with Crippen molar-refractivity contribution in [2.24, 2.45) is 0 Å². The highest BCUT2D eigenvalue weighted by atomic mass is 16.1. The van der Waals surface area contributed by atoms with E-state index in [2.05, 4.69) is 5.10 Å². The molecule has 0 saturated heterocycles. The molecule has 0 fully saturated rings. The molecule has 0 aliphatic heterocycles. The van der Waals surface area contributed by atoms with E-state index in [-0.39, 0.29) is 5.78 Å². The third kappa shape index (κ3) is 2.16. The van der Waals surface area contributed by atoms with Crippen LogP contribution in [0, 0.1) is 0 Å². The molecule has 0 bridgehead atoms. The van der Waals surface area contributed by atoms with E-state index in [1.807, 2.05) is 46.0 Å². The van der Waals surface area contributed by atoms with Gasteiger partial charge in [-0.2, -0.15) is 5.10 Å². The molecule has 0 amide bonds. The van der Waals surface area contributed by atoms with Gasteiger partial charge in [-0.25, -0.2) is 0 Å². The molecule has 16 heavy (non-hydrogen) atoms. The second kappa shape index (κ2) is 4.78. The number of nitrogens with zero attached hydrogens (tertiary/aromatic N) is 3. The van der Waals surface area contributed by atoms with Crippen molar-refractivity contribution in [3.05, 3.63) is 18.0 Å². The number of carbonyl (C=O) groups is 1. The van der Waals surface area contributed by atoms with Gasteiger partial charge in [-0.3, -0.25) is 14.4 Å². The average molecular weight is 223 g/mol. The van der Waals surface area contributed by atoms with Crippen LogP contribution in [0.2, 0.25) is 0 Å². The topological polar surface area (TPSA) is 38.1 Å². The first-order valence-corrected chi connectivity index (χ1v) is 5.70. The number of aromatic nitrogens is 2. The van der Waals surface area contributed by atoms with Crippen LogP contribution in [0.4, 0.5) is 0 Å². The van der Waals surface area contributed by atoms with Crippen LogP contribution in [0.1, 0.15) is 37.6 Å². The van der Waals surface area contributed by atoms with Crippen LogP contribution in [0.5, 0.6) is 0 Å². The first-order valence-electron chi connectivity index (χ1n) is 5.70. The van der Waals surface area contributed by atoms with Gasteiger partial charge in [0, 0.05) is 12.7 Å². The zero-order chi connectivity index (χ0) is 12.3. The molecule has 1 aromatic heterocycles. The summed E-state index contributed by atoms with van der Waals surface area (Å²) in [5.74, 6) is 0.139. The van der Waals surface area contributed by atoms with Crippen molar-refractivity contribution < 1.29 is 4.79 Å². The van der Waals surface area contributed by atoms with Crippen LogP contribution in [0.15, 0.2) is 12.4 Å². The van der Waals surface area contributed by atoms with Gasteiger partial charge in [-0.15, -0.1) is 0 Å². The highest BCUT2D eigenvalue weighted by molar-refractivity contribution is 6.02. The molecule has 90 valence electrons. The van der Waals surface area contributed by atoms with Gasteiger partial charge in [0.25, 0.3) is 0 Å². The van der Waals surface area contributed by atoms with E-state index in [9.17, 15) is 4.79 Å². The lowest BCUT2D eigenvalue weighted by Crippen LogP contribution is -2.47. The molecule has 0 aliphatic rings. The fraction of sp³-hybridized carbons (Fsp3) is 0.667. The van der Waals surface area contributed by atoms with Gasteiger partial charge < -0.3 is 0 Å². The highest BCUT2D eigenvalue weighted by Crippen LogP contribution is 2.21. The van der Waals surface area contributed by atoms with Crippen LogP contribution in [0.3, 0.4) is 0 Å². The van der Waals surface area contributed by atoms with Gasteiger partial charge in [-0.1, -0.05) is 6.92 Å². The zero-order valence-corrected chi connectivity index (χ0v) is 10.8. The summed E-state index contributed by atoms with van der Waals surface area (Å²) in [4.78, 5) is 14.3. The van der Waals surface area contributed by atoms with Crippen LogP contribution in [-0.4, -0.2) is 40.1 Å². The van der Waals surface area contributed by atoms with Crippen LogP contribution < -0.4 is 0 Å². The quantitative estimate of drug-likeness (QED) is 0.715. The summed E-state index contributed by atoms with van der Waals surface area (Å²) in [6, 6.07) is 0. The molecule has 0 saturated carbocycles.